The van der Waals surface area contributed by atoms with E-state index in [1.807, 2.05) is 18.2 Å². The molecule has 1 N–H and O–H groups in total. The summed E-state index contributed by atoms with van der Waals surface area (Å²) in [6.45, 7) is 1.70. The minimum atomic E-state index is -0.321. The second-order valence-electron chi connectivity index (χ2n) is 4.36. The van der Waals surface area contributed by atoms with Gasteiger partial charge >= 0.3 is 0 Å². The van der Waals surface area contributed by atoms with Gasteiger partial charge in [-0.2, -0.15) is 0 Å². The van der Waals surface area contributed by atoms with Gasteiger partial charge in [0.05, 0.1) is 6.10 Å². The van der Waals surface area contributed by atoms with Crippen LogP contribution in [0.4, 0.5) is 0 Å². The summed E-state index contributed by atoms with van der Waals surface area (Å²) < 4.78 is 6.50. The zero-order chi connectivity index (χ0) is 11.4. The fourth-order valence-electron chi connectivity index (χ4n) is 2.15. The Hall–Kier alpha value is -0.130. The van der Waals surface area contributed by atoms with E-state index >= 15 is 0 Å². The molecule has 1 aliphatic heterocycles. The van der Waals surface area contributed by atoms with Gasteiger partial charge in [0, 0.05) is 16.8 Å². The number of ether oxygens (including phenoxy) is 1. The molecule has 1 aromatic carbocycles. The summed E-state index contributed by atoms with van der Waals surface area (Å²) in [6, 6.07) is 8.12. The summed E-state index contributed by atoms with van der Waals surface area (Å²) in [6.07, 6.45) is 2.71. The van der Waals surface area contributed by atoms with Gasteiger partial charge in [-0.05, 0) is 65.5 Å². The summed E-state index contributed by atoms with van der Waals surface area (Å²) in [5.41, 5.74) is 1.04. The van der Waals surface area contributed by atoms with Crippen molar-refractivity contribution in [3.63, 3.8) is 0 Å². The third-order valence-corrected chi connectivity index (χ3v) is 3.80. The minimum absolute atomic E-state index is 0.321. The summed E-state index contributed by atoms with van der Waals surface area (Å²) >= 11 is 2.28. The van der Waals surface area contributed by atoms with E-state index in [0.717, 1.165) is 38.0 Å². The van der Waals surface area contributed by atoms with Gasteiger partial charge in [-0.15, -0.1) is 0 Å². The van der Waals surface area contributed by atoms with Crippen molar-refractivity contribution in [1.82, 2.24) is 0 Å². The molecule has 16 heavy (non-hydrogen) atoms. The lowest BCUT2D eigenvalue weighted by molar-refractivity contribution is 0.0435. The molecule has 3 heteroatoms. The highest BCUT2D eigenvalue weighted by Crippen LogP contribution is 2.27. The first-order chi connectivity index (χ1) is 7.75. The van der Waals surface area contributed by atoms with Crippen molar-refractivity contribution >= 4 is 22.6 Å². The number of hydrogen-bond donors (Lipinski definition) is 1. The fourth-order valence-corrected chi connectivity index (χ4v) is 2.71. The molecule has 1 saturated heterocycles. The molecule has 0 spiro atoms. The first-order valence-electron chi connectivity index (χ1n) is 5.77. The van der Waals surface area contributed by atoms with Gasteiger partial charge < -0.3 is 9.84 Å². The molecule has 1 aliphatic rings. The van der Waals surface area contributed by atoms with Gasteiger partial charge in [0.25, 0.3) is 0 Å². The molecule has 0 saturated carbocycles. The second-order valence-corrected chi connectivity index (χ2v) is 5.61. The first kappa shape index (κ1) is 12.3. The number of benzene rings is 1. The number of hydrogen-bond acceptors (Lipinski definition) is 2. The van der Waals surface area contributed by atoms with Gasteiger partial charge in [-0.1, -0.05) is 12.1 Å². The van der Waals surface area contributed by atoms with Crippen molar-refractivity contribution < 1.29 is 9.84 Å². The Bertz CT molecular complexity index is 334. The monoisotopic (exact) mass is 332 g/mol. The van der Waals surface area contributed by atoms with Crippen LogP contribution in [0.25, 0.3) is 0 Å². The number of aliphatic hydroxyl groups is 1. The van der Waals surface area contributed by atoms with E-state index in [-0.39, 0.29) is 6.10 Å². The minimum Gasteiger partial charge on any atom is -0.388 e. The highest BCUT2D eigenvalue weighted by molar-refractivity contribution is 14.1. The molecule has 2 rings (SSSR count). The Balaban J connectivity index is 1.94. The predicted molar refractivity (Wildman–Crippen MR) is 72.3 cm³/mol. The number of aliphatic hydroxyl groups excluding tert-OH is 1. The second kappa shape index (κ2) is 5.98. The average Bonchev–Trinajstić information content (AvgIpc) is 2.30. The largest absolute Gasteiger partial charge is 0.388 e. The van der Waals surface area contributed by atoms with Crippen molar-refractivity contribution in [1.29, 1.82) is 0 Å². The van der Waals surface area contributed by atoms with E-state index in [4.69, 9.17) is 4.74 Å². The summed E-state index contributed by atoms with van der Waals surface area (Å²) in [5, 5.41) is 10.2. The smallest absolute Gasteiger partial charge is 0.0793 e. The highest BCUT2D eigenvalue weighted by atomic mass is 127. The van der Waals surface area contributed by atoms with Crippen LogP contribution in [0.2, 0.25) is 0 Å². The van der Waals surface area contributed by atoms with Crippen molar-refractivity contribution in [2.75, 3.05) is 13.2 Å². The lowest BCUT2D eigenvalue weighted by Gasteiger charge is -2.24. The SMILES string of the molecule is OC(CC1CCOCC1)c1cccc(I)c1. The third kappa shape index (κ3) is 3.43. The molecule has 0 aromatic heterocycles. The molecule has 2 nitrogen and oxygen atoms in total. The Morgan fingerprint density at radius 1 is 1.38 bits per heavy atom. The number of halogens is 1. The lowest BCUT2D eigenvalue weighted by Crippen LogP contribution is -2.18. The average molecular weight is 332 g/mol. The maximum Gasteiger partial charge on any atom is 0.0793 e. The molecule has 88 valence electrons. The van der Waals surface area contributed by atoms with Crippen LogP contribution in [0.15, 0.2) is 24.3 Å². The van der Waals surface area contributed by atoms with E-state index in [1.54, 1.807) is 0 Å². The molecule has 0 amide bonds. The van der Waals surface area contributed by atoms with Crippen LogP contribution < -0.4 is 0 Å². The zero-order valence-corrected chi connectivity index (χ0v) is 11.4. The number of rotatable bonds is 3. The van der Waals surface area contributed by atoms with Crippen LogP contribution in [0.5, 0.6) is 0 Å². The van der Waals surface area contributed by atoms with E-state index in [1.165, 1.54) is 3.57 Å². The molecule has 0 bridgehead atoms. The van der Waals surface area contributed by atoms with Gasteiger partial charge in [0.15, 0.2) is 0 Å². The van der Waals surface area contributed by atoms with Gasteiger partial charge in [-0.3, -0.25) is 0 Å². The van der Waals surface area contributed by atoms with Gasteiger partial charge in [-0.25, -0.2) is 0 Å². The molecule has 1 aromatic rings. The van der Waals surface area contributed by atoms with E-state index in [2.05, 4.69) is 28.7 Å². The quantitative estimate of drug-likeness (QED) is 0.862. The van der Waals surface area contributed by atoms with Gasteiger partial charge in [0.2, 0.25) is 0 Å². The van der Waals surface area contributed by atoms with E-state index in [9.17, 15) is 5.11 Å². The maximum atomic E-state index is 10.2. The summed E-state index contributed by atoms with van der Waals surface area (Å²) in [5.74, 6) is 0.613. The van der Waals surface area contributed by atoms with Crippen molar-refractivity contribution in [3.05, 3.63) is 33.4 Å². The fraction of sp³-hybridized carbons (Fsp3) is 0.538. The van der Waals surface area contributed by atoms with Gasteiger partial charge in [0.1, 0.15) is 0 Å². The van der Waals surface area contributed by atoms with Crippen LogP contribution in [-0.4, -0.2) is 18.3 Å². The lowest BCUT2D eigenvalue weighted by atomic mass is 9.91. The Morgan fingerprint density at radius 2 is 2.12 bits per heavy atom. The topological polar surface area (TPSA) is 29.5 Å². The molecule has 1 heterocycles. The molecular formula is C13H17IO2. The Kier molecular flexibility index (Phi) is 4.61. The maximum absolute atomic E-state index is 10.2. The first-order valence-corrected chi connectivity index (χ1v) is 6.85. The highest BCUT2D eigenvalue weighted by Gasteiger charge is 2.18. The van der Waals surface area contributed by atoms with Crippen LogP contribution in [0.1, 0.15) is 30.9 Å². The third-order valence-electron chi connectivity index (χ3n) is 3.13. The predicted octanol–water partition coefficient (Wildman–Crippen LogP) is 3.14. The molecular weight excluding hydrogens is 315 g/mol. The van der Waals surface area contributed by atoms with E-state index < -0.39 is 0 Å². The molecule has 1 fully saturated rings. The van der Waals surface area contributed by atoms with E-state index in [0.29, 0.717) is 5.92 Å². The molecule has 1 unspecified atom stereocenters. The van der Waals surface area contributed by atoms with Crippen LogP contribution >= 0.6 is 22.6 Å². The van der Waals surface area contributed by atoms with Crippen LogP contribution in [0.3, 0.4) is 0 Å². The van der Waals surface area contributed by atoms with Crippen molar-refractivity contribution in [2.24, 2.45) is 5.92 Å². The Morgan fingerprint density at radius 3 is 2.81 bits per heavy atom. The van der Waals surface area contributed by atoms with Crippen molar-refractivity contribution in [2.45, 2.75) is 25.4 Å². The summed E-state index contributed by atoms with van der Waals surface area (Å²) in [4.78, 5) is 0. The normalized spacial score (nSPS) is 19.6. The molecule has 0 aliphatic carbocycles. The molecule has 1 atom stereocenters. The summed E-state index contributed by atoms with van der Waals surface area (Å²) in [7, 11) is 0. The Labute approximate surface area is 110 Å². The van der Waals surface area contributed by atoms with Crippen molar-refractivity contribution in [3.8, 4) is 0 Å². The van der Waals surface area contributed by atoms with Crippen LogP contribution in [-0.2, 0) is 4.74 Å². The molecule has 0 radical (unpaired) electrons. The van der Waals surface area contributed by atoms with Crippen LogP contribution in [0, 0.1) is 9.49 Å². The standard InChI is InChI=1S/C13H17IO2/c14-12-3-1-2-11(9-12)13(15)8-10-4-6-16-7-5-10/h1-3,9-10,13,15H,4-8H2. The zero-order valence-electron chi connectivity index (χ0n) is 9.23.